The Morgan fingerprint density at radius 2 is 1.12 bits per heavy atom. The largest absolute Gasteiger partial charge is 0.338 e. The van der Waals surface area contributed by atoms with Crippen LogP contribution < -0.4 is 18.9 Å². The molecule has 7 heterocycles. The van der Waals surface area contributed by atoms with Crippen molar-refractivity contribution in [3.63, 3.8) is 0 Å². The molecule has 8 heteroatoms. The van der Waals surface area contributed by atoms with Gasteiger partial charge in [0.2, 0.25) is 11.0 Å². The van der Waals surface area contributed by atoms with Gasteiger partial charge < -0.3 is 14.3 Å². The van der Waals surface area contributed by atoms with E-state index in [-0.39, 0.29) is 0 Å². The molecule has 0 spiro atoms. The zero-order chi connectivity index (χ0) is 39.4. The summed E-state index contributed by atoms with van der Waals surface area (Å²) < 4.78 is 6.38. The number of pyridine rings is 2. The highest BCUT2D eigenvalue weighted by atomic mass is 32.2. The number of nitrogens with zero attached hydrogens (tertiary/aromatic N) is 6. The van der Waals surface area contributed by atoms with E-state index in [0.717, 1.165) is 0 Å². The van der Waals surface area contributed by atoms with Crippen LogP contribution in [0.5, 0.6) is 0 Å². The van der Waals surface area contributed by atoms with Crippen molar-refractivity contribution in [3.05, 3.63) is 143 Å². The van der Waals surface area contributed by atoms with Crippen LogP contribution in [0.25, 0.3) is 34.0 Å². The van der Waals surface area contributed by atoms with Gasteiger partial charge in [0, 0.05) is 74.1 Å². The highest BCUT2D eigenvalue weighted by molar-refractivity contribution is 8.04. The second kappa shape index (κ2) is 15.5. The van der Waals surface area contributed by atoms with E-state index in [9.17, 15) is 0 Å². The minimum Gasteiger partial charge on any atom is -0.338 e. The summed E-state index contributed by atoms with van der Waals surface area (Å²) in [6, 6.07) is 41.6. The van der Waals surface area contributed by atoms with E-state index in [1.807, 2.05) is 23.5 Å². The first-order valence-electron chi connectivity index (χ1n) is 21.2. The lowest BCUT2D eigenvalue weighted by atomic mass is 9.95. The van der Waals surface area contributed by atoms with Gasteiger partial charge in [0.15, 0.2) is 24.5 Å². The Morgan fingerprint density at radius 3 is 1.66 bits per heavy atom. The van der Waals surface area contributed by atoms with Gasteiger partial charge in [0.25, 0.3) is 0 Å². The fourth-order valence-corrected chi connectivity index (χ4v) is 12.4. The van der Waals surface area contributed by atoms with Gasteiger partial charge in [0.1, 0.15) is 6.04 Å². The summed E-state index contributed by atoms with van der Waals surface area (Å²) in [5.41, 5.74) is 7.79. The molecule has 2 aromatic heterocycles. The Kier molecular flexibility index (Phi) is 10.1. The number of aromatic nitrogens is 2. The zero-order valence-electron chi connectivity index (χ0n) is 34.3. The van der Waals surface area contributed by atoms with Crippen molar-refractivity contribution in [2.75, 3.05) is 63.2 Å². The monoisotopic (exact) mass is 803 g/mol. The maximum absolute atomic E-state index is 2.74. The number of piperazine rings is 3. The lowest BCUT2D eigenvalue weighted by Crippen LogP contribution is -2.72. The van der Waals surface area contributed by atoms with Crippen molar-refractivity contribution in [2.45, 2.75) is 61.0 Å². The molecular weight excluding hydrogens is 749 g/mol. The molecule has 2 bridgehead atoms. The van der Waals surface area contributed by atoms with Crippen LogP contribution in [0.4, 0.5) is 11.4 Å². The first-order valence-corrected chi connectivity index (χ1v) is 22.9. The quantitative estimate of drug-likeness (QED) is 0.101. The van der Waals surface area contributed by atoms with Gasteiger partial charge in [-0.1, -0.05) is 72.1 Å². The summed E-state index contributed by atoms with van der Waals surface area (Å²) in [5.74, 6) is 0. The summed E-state index contributed by atoms with van der Waals surface area (Å²) in [6.07, 6.45) is 13.1. The third kappa shape index (κ3) is 6.82. The van der Waals surface area contributed by atoms with E-state index in [1.54, 1.807) is 0 Å². The maximum Gasteiger partial charge on any atom is 0.213 e. The number of hydrogen-bond acceptors (Lipinski definition) is 5. The summed E-state index contributed by atoms with van der Waals surface area (Å²) in [6.45, 7) is 12.4. The first kappa shape index (κ1) is 37.7. The number of para-hydroxylation sites is 4. The molecule has 6 nitrogen and oxygen atoms in total. The van der Waals surface area contributed by atoms with Crippen LogP contribution in [0.2, 0.25) is 0 Å². The average molecular weight is 804 g/mol. The summed E-state index contributed by atoms with van der Waals surface area (Å²) in [5, 5.41) is 5.20. The number of thioether (sulfide) groups is 2. The predicted molar refractivity (Wildman–Crippen MR) is 244 cm³/mol. The Morgan fingerprint density at radius 1 is 0.638 bits per heavy atom. The van der Waals surface area contributed by atoms with E-state index in [1.165, 1.54) is 127 Å². The van der Waals surface area contributed by atoms with Crippen LogP contribution in [-0.2, 0) is 0 Å². The highest BCUT2D eigenvalue weighted by Crippen LogP contribution is 2.47. The molecule has 6 aromatic rings. The number of fused-ring (bicyclic) bond motifs is 7. The smallest absolute Gasteiger partial charge is 0.213 e. The molecule has 11 rings (SSSR count). The summed E-state index contributed by atoms with van der Waals surface area (Å²) >= 11 is 3.73. The minimum atomic E-state index is 0.415. The minimum absolute atomic E-state index is 0.415. The molecule has 5 aliphatic heterocycles. The predicted octanol–water partition coefficient (Wildman–Crippen LogP) is 10.2. The SMILES string of the molecule is CC(CCC1CN2CC[N+]1(CCC(C)[n+]1ccc(C=C3Sc4ccccc4N3C)c3ccccc31)CC2)[n+]1ccc(C=C2Sc3ccccc3N2C)c2ccccc21. The number of benzene rings is 4. The lowest BCUT2D eigenvalue weighted by molar-refractivity contribution is -0.966. The Hall–Kier alpha value is -4.60. The molecule has 294 valence electrons. The van der Waals surface area contributed by atoms with Crippen LogP contribution >= 0.6 is 23.5 Å². The first-order chi connectivity index (χ1) is 28.3. The van der Waals surface area contributed by atoms with Crippen molar-refractivity contribution in [2.24, 2.45) is 0 Å². The van der Waals surface area contributed by atoms with Gasteiger partial charge in [-0.25, -0.2) is 0 Å². The summed E-state index contributed by atoms with van der Waals surface area (Å²) in [4.78, 5) is 10.0. The number of hydrogen-bond donors (Lipinski definition) is 0. The Balaban J connectivity index is 0.845. The fraction of sp³-hybridized carbons (Fsp3) is 0.320. The van der Waals surface area contributed by atoms with E-state index in [2.05, 4.69) is 186 Å². The topological polar surface area (TPSA) is 17.5 Å². The van der Waals surface area contributed by atoms with Crippen molar-refractivity contribution in [1.29, 1.82) is 0 Å². The summed E-state index contributed by atoms with van der Waals surface area (Å²) in [7, 11) is 4.37. The fourth-order valence-electron chi connectivity index (χ4n) is 10.2. The molecule has 0 aliphatic carbocycles. The average Bonchev–Trinajstić information content (AvgIpc) is 3.76. The standard InChI is InChI=1S/C50H55N6S2/c1-36(54-26-23-38(41-13-5-7-15-43(41)54)33-49-51(3)45-17-9-11-19-47(45)57-49)21-22-40-35-53-28-31-56(40,32-29-53)30-25-37(2)55-27-24-39(42-14-6-8-16-44(42)55)34-50-52(4)46-18-10-12-20-48(46)58-50/h5-20,23-24,26-27,33-34,36-37,40H,21-22,25,28-32,35H2,1-4H3/q+3. The molecule has 3 saturated heterocycles. The number of anilines is 2. The van der Waals surface area contributed by atoms with Crippen LogP contribution in [-0.4, -0.2) is 68.8 Å². The molecule has 0 radical (unpaired) electrons. The van der Waals surface area contributed by atoms with Gasteiger partial charge in [-0.2, -0.15) is 9.13 Å². The van der Waals surface area contributed by atoms with E-state index < -0.39 is 0 Å². The lowest BCUT2D eigenvalue weighted by Gasteiger charge is -2.56. The van der Waals surface area contributed by atoms with E-state index >= 15 is 0 Å². The second-order valence-electron chi connectivity index (χ2n) is 17.0. The van der Waals surface area contributed by atoms with Crippen molar-refractivity contribution in [3.8, 4) is 0 Å². The molecule has 5 aliphatic rings. The zero-order valence-corrected chi connectivity index (χ0v) is 35.9. The molecule has 4 aromatic carbocycles. The van der Waals surface area contributed by atoms with Crippen molar-refractivity contribution >= 4 is 68.9 Å². The molecule has 0 N–H and O–H groups in total. The van der Waals surface area contributed by atoms with Gasteiger partial charge >= 0.3 is 0 Å². The van der Waals surface area contributed by atoms with Gasteiger partial charge in [-0.3, -0.25) is 4.90 Å². The van der Waals surface area contributed by atoms with Gasteiger partial charge in [-0.05, 0) is 73.5 Å². The number of quaternary nitrogens is 1. The van der Waals surface area contributed by atoms with Crippen LogP contribution in [0.1, 0.15) is 56.3 Å². The third-order valence-electron chi connectivity index (χ3n) is 13.7. The third-order valence-corrected chi connectivity index (χ3v) is 16.1. The van der Waals surface area contributed by atoms with Crippen molar-refractivity contribution in [1.82, 2.24) is 4.90 Å². The molecular formula is C50H55N6S2+3. The Labute approximate surface area is 352 Å². The van der Waals surface area contributed by atoms with E-state index in [0.29, 0.717) is 18.1 Å². The highest BCUT2D eigenvalue weighted by Gasteiger charge is 2.46. The molecule has 3 unspecified atom stereocenters. The number of rotatable bonds is 10. The van der Waals surface area contributed by atoms with Crippen LogP contribution in [0, 0.1) is 0 Å². The van der Waals surface area contributed by atoms with Crippen molar-refractivity contribution < 1.29 is 13.6 Å². The molecule has 0 amide bonds. The molecule has 3 fully saturated rings. The van der Waals surface area contributed by atoms with Gasteiger partial charge in [-0.15, -0.1) is 0 Å². The van der Waals surface area contributed by atoms with Crippen LogP contribution in [0.15, 0.2) is 141 Å². The second-order valence-corrected chi connectivity index (χ2v) is 19.1. The normalized spacial score (nSPS) is 23.6. The van der Waals surface area contributed by atoms with Crippen LogP contribution in [0.3, 0.4) is 0 Å². The maximum atomic E-state index is 2.74. The molecule has 58 heavy (non-hydrogen) atoms. The van der Waals surface area contributed by atoms with E-state index in [4.69, 9.17) is 0 Å². The Bertz CT molecular complexity index is 2570. The molecule has 0 saturated carbocycles. The molecule has 3 atom stereocenters. The van der Waals surface area contributed by atoms with Gasteiger partial charge in [0.05, 0.1) is 64.8 Å².